The first-order valence-corrected chi connectivity index (χ1v) is 6.90. The van der Waals surface area contributed by atoms with Crippen molar-refractivity contribution >= 4 is 21.9 Å². The van der Waals surface area contributed by atoms with Crippen LogP contribution in [0.1, 0.15) is 28.7 Å². The second-order valence-corrected chi connectivity index (χ2v) is 5.54. The van der Waals surface area contributed by atoms with E-state index in [9.17, 15) is 0 Å². The number of hydrogen-bond donors (Lipinski definition) is 1. The number of hydrogen-bond acceptors (Lipinski definition) is 4. The van der Waals surface area contributed by atoms with Crippen LogP contribution >= 0.6 is 0 Å². The van der Waals surface area contributed by atoms with Gasteiger partial charge in [-0.3, -0.25) is 0 Å². The quantitative estimate of drug-likeness (QED) is 0.503. The predicted octanol–water partition coefficient (Wildman–Crippen LogP) is 3.06. The zero-order chi connectivity index (χ0) is 13.9. The van der Waals surface area contributed by atoms with E-state index in [-0.39, 0.29) is 0 Å². The summed E-state index contributed by atoms with van der Waals surface area (Å²) in [7, 11) is 0. The summed E-state index contributed by atoms with van der Waals surface area (Å²) in [6.07, 6.45) is 4.93. The van der Waals surface area contributed by atoms with Crippen molar-refractivity contribution in [3.8, 4) is 0 Å². The first-order valence-electron chi connectivity index (χ1n) is 6.90. The minimum absolute atomic E-state index is 0.562. The molecule has 0 spiro atoms. The van der Waals surface area contributed by atoms with Crippen molar-refractivity contribution in [1.82, 2.24) is 0 Å². The molecule has 2 heterocycles. The highest BCUT2D eigenvalue weighted by atomic mass is 16.3. The lowest BCUT2D eigenvalue weighted by Crippen LogP contribution is -2.12. The van der Waals surface area contributed by atoms with Crippen LogP contribution in [0.5, 0.6) is 0 Å². The van der Waals surface area contributed by atoms with E-state index in [0.29, 0.717) is 5.55 Å². The Bertz CT molecular complexity index is 916. The monoisotopic (exact) mass is 268 g/mol. The van der Waals surface area contributed by atoms with E-state index in [0.717, 1.165) is 46.9 Å². The van der Waals surface area contributed by atoms with Crippen molar-refractivity contribution in [3.05, 3.63) is 40.1 Å². The van der Waals surface area contributed by atoms with Crippen LogP contribution in [0.3, 0.4) is 0 Å². The molecule has 0 saturated heterocycles. The van der Waals surface area contributed by atoms with E-state index >= 15 is 0 Å². The Morgan fingerprint density at radius 2 is 1.90 bits per heavy atom. The second kappa shape index (κ2) is 3.88. The Morgan fingerprint density at radius 1 is 1.10 bits per heavy atom. The summed E-state index contributed by atoms with van der Waals surface area (Å²) < 4.78 is 11.7. The fourth-order valence-corrected chi connectivity index (χ4v) is 3.46. The fraction of sp³-hybridized carbons (Fsp3) is 0.312. The first-order chi connectivity index (χ1) is 9.70. The molecule has 0 atom stereocenters. The number of aryl methyl sites for hydroxylation is 3. The summed E-state index contributed by atoms with van der Waals surface area (Å²) in [5.74, 6) is 5.48. The van der Waals surface area contributed by atoms with Crippen LogP contribution in [-0.2, 0) is 12.8 Å². The number of benzene rings is 1. The summed E-state index contributed by atoms with van der Waals surface area (Å²) >= 11 is 0. The standard InChI is InChI=1S/C16H16N2O2/c1-8-6-12-14(15-13(8)9(2)7-19-15)10-4-3-5-11(10)16(18-17)20-12/h6-7H,3-5,17H2,1-2H3/b18-16+. The molecule has 0 unspecified atom stereocenters. The molecular formula is C16H16N2O2. The molecule has 1 aliphatic rings. The first kappa shape index (κ1) is 11.6. The molecule has 1 aliphatic carbocycles. The SMILES string of the molecule is Cc1coc2c1c(C)cc1o/c(=N/N)c3c(c12)CCC3. The Kier molecular flexibility index (Phi) is 2.25. The van der Waals surface area contributed by atoms with Crippen molar-refractivity contribution in [2.45, 2.75) is 33.1 Å². The van der Waals surface area contributed by atoms with Gasteiger partial charge in [-0.25, -0.2) is 0 Å². The van der Waals surface area contributed by atoms with Gasteiger partial charge in [-0.1, -0.05) is 0 Å². The van der Waals surface area contributed by atoms with Gasteiger partial charge < -0.3 is 14.7 Å². The van der Waals surface area contributed by atoms with Gasteiger partial charge in [-0.05, 0) is 55.9 Å². The van der Waals surface area contributed by atoms with Gasteiger partial charge in [-0.2, -0.15) is 0 Å². The van der Waals surface area contributed by atoms with Crippen LogP contribution in [0.15, 0.2) is 26.3 Å². The van der Waals surface area contributed by atoms with Crippen LogP contribution in [-0.4, -0.2) is 0 Å². The van der Waals surface area contributed by atoms with Gasteiger partial charge >= 0.3 is 0 Å². The lowest BCUT2D eigenvalue weighted by atomic mass is 10.0. The Morgan fingerprint density at radius 3 is 2.70 bits per heavy atom. The molecule has 20 heavy (non-hydrogen) atoms. The van der Waals surface area contributed by atoms with E-state index in [1.807, 2.05) is 6.26 Å². The minimum atomic E-state index is 0.562. The summed E-state index contributed by atoms with van der Waals surface area (Å²) in [6, 6.07) is 2.06. The molecule has 3 aromatic rings. The molecule has 0 bridgehead atoms. The molecule has 0 radical (unpaired) electrons. The van der Waals surface area contributed by atoms with Gasteiger partial charge in [-0.15, -0.1) is 5.10 Å². The van der Waals surface area contributed by atoms with Crippen LogP contribution < -0.4 is 11.4 Å². The van der Waals surface area contributed by atoms with Crippen molar-refractivity contribution in [3.63, 3.8) is 0 Å². The van der Waals surface area contributed by atoms with Gasteiger partial charge in [0.05, 0.1) is 11.6 Å². The second-order valence-electron chi connectivity index (χ2n) is 5.54. The zero-order valence-electron chi connectivity index (χ0n) is 11.6. The number of fused-ring (bicyclic) bond motifs is 5. The third-order valence-electron chi connectivity index (χ3n) is 4.29. The molecule has 1 aromatic carbocycles. The molecule has 4 nitrogen and oxygen atoms in total. The van der Waals surface area contributed by atoms with Crippen LogP contribution in [0.4, 0.5) is 0 Å². The normalized spacial score (nSPS) is 15.4. The Hall–Kier alpha value is -2.23. The topological polar surface area (TPSA) is 64.7 Å². The van der Waals surface area contributed by atoms with Crippen LogP contribution in [0, 0.1) is 13.8 Å². The van der Waals surface area contributed by atoms with Crippen molar-refractivity contribution < 1.29 is 8.83 Å². The van der Waals surface area contributed by atoms with E-state index in [2.05, 4.69) is 25.0 Å². The van der Waals surface area contributed by atoms with E-state index < -0.39 is 0 Å². The largest absolute Gasteiger partial charge is 0.463 e. The highest BCUT2D eigenvalue weighted by Gasteiger charge is 2.22. The average Bonchev–Trinajstić information content (AvgIpc) is 3.05. The molecule has 2 aromatic heterocycles. The lowest BCUT2D eigenvalue weighted by Gasteiger charge is -2.08. The van der Waals surface area contributed by atoms with Crippen molar-refractivity contribution in [2.24, 2.45) is 10.9 Å². The van der Waals surface area contributed by atoms with Crippen molar-refractivity contribution in [2.75, 3.05) is 0 Å². The molecule has 0 saturated carbocycles. The lowest BCUT2D eigenvalue weighted by molar-refractivity contribution is 0.527. The Balaban J connectivity index is 2.31. The molecule has 0 amide bonds. The summed E-state index contributed by atoms with van der Waals surface area (Å²) in [4.78, 5) is 0. The summed E-state index contributed by atoms with van der Waals surface area (Å²) in [5, 5.41) is 6.10. The number of furan rings is 1. The van der Waals surface area contributed by atoms with Crippen LogP contribution in [0.2, 0.25) is 0 Å². The maximum atomic E-state index is 5.90. The van der Waals surface area contributed by atoms with Crippen LogP contribution in [0.25, 0.3) is 21.9 Å². The summed E-state index contributed by atoms with van der Waals surface area (Å²) in [5.41, 5.74) is 7.06. The molecule has 102 valence electrons. The highest BCUT2D eigenvalue weighted by molar-refractivity contribution is 6.07. The molecule has 2 N–H and O–H groups in total. The third-order valence-corrected chi connectivity index (χ3v) is 4.29. The van der Waals surface area contributed by atoms with E-state index in [4.69, 9.17) is 14.7 Å². The third kappa shape index (κ3) is 1.33. The smallest absolute Gasteiger partial charge is 0.239 e. The summed E-state index contributed by atoms with van der Waals surface area (Å²) in [6.45, 7) is 4.15. The predicted molar refractivity (Wildman–Crippen MR) is 77.2 cm³/mol. The highest BCUT2D eigenvalue weighted by Crippen LogP contribution is 2.36. The van der Waals surface area contributed by atoms with Gasteiger partial charge in [0.2, 0.25) is 5.55 Å². The number of nitrogens with two attached hydrogens (primary N) is 1. The van der Waals surface area contributed by atoms with Gasteiger partial charge in [0.15, 0.2) is 0 Å². The average molecular weight is 268 g/mol. The van der Waals surface area contributed by atoms with Gasteiger partial charge in [0.25, 0.3) is 0 Å². The van der Waals surface area contributed by atoms with Crippen molar-refractivity contribution in [1.29, 1.82) is 0 Å². The molecular weight excluding hydrogens is 252 g/mol. The number of rotatable bonds is 0. The van der Waals surface area contributed by atoms with Gasteiger partial charge in [0, 0.05) is 10.9 Å². The maximum absolute atomic E-state index is 5.90. The Labute approximate surface area is 115 Å². The maximum Gasteiger partial charge on any atom is 0.239 e. The minimum Gasteiger partial charge on any atom is -0.463 e. The molecule has 4 heteroatoms. The molecule has 0 aliphatic heterocycles. The molecule has 4 rings (SSSR count). The molecule has 0 fully saturated rings. The van der Waals surface area contributed by atoms with E-state index in [1.54, 1.807) is 0 Å². The number of nitrogens with zero attached hydrogens (tertiary/aromatic N) is 1. The fourth-order valence-electron chi connectivity index (χ4n) is 3.46. The van der Waals surface area contributed by atoms with E-state index in [1.165, 1.54) is 16.5 Å². The zero-order valence-corrected chi connectivity index (χ0v) is 11.6. The van der Waals surface area contributed by atoms with Gasteiger partial charge in [0.1, 0.15) is 11.2 Å².